The highest BCUT2D eigenvalue weighted by molar-refractivity contribution is 5.00. The first kappa shape index (κ1) is 19.0. The van der Waals surface area contributed by atoms with Gasteiger partial charge in [-0.05, 0) is 3.07 Å². The van der Waals surface area contributed by atoms with Crippen LogP contribution in [-0.4, -0.2) is 30.6 Å². The highest BCUT2D eigenvalue weighted by Gasteiger charge is 2.81. The fraction of sp³-hybridized carbons (Fsp3) is 1.00. The number of alkyl halides is 9. The molecule has 0 aliphatic carbocycles. The van der Waals surface area contributed by atoms with Crippen LogP contribution in [0.5, 0.6) is 0 Å². The van der Waals surface area contributed by atoms with Crippen molar-refractivity contribution in [3.05, 3.63) is 0 Å². The first-order valence-electron chi connectivity index (χ1n) is 4.06. The van der Waals surface area contributed by atoms with E-state index in [0.717, 1.165) is 0 Å². The molecular weight excluding hydrogens is 418 g/mol. The summed E-state index contributed by atoms with van der Waals surface area (Å²) in [6.07, 6.45) is -9.21. The normalized spacial score (nSPS) is 15.2. The molecule has 0 N–H and O–H groups in total. The van der Waals surface area contributed by atoms with Gasteiger partial charge >= 0.3 is 45.0 Å². The van der Waals surface area contributed by atoms with Gasteiger partial charge in [0.25, 0.3) is 0 Å². The van der Waals surface area contributed by atoms with Crippen LogP contribution < -0.4 is 27.9 Å². The van der Waals surface area contributed by atoms with Crippen LogP contribution in [0, 0.1) is 0 Å². The van der Waals surface area contributed by atoms with Gasteiger partial charge in [-0.1, -0.05) is 0 Å². The van der Waals surface area contributed by atoms with Crippen molar-refractivity contribution in [3.63, 3.8) is 0 Å². The molecule has 0 amide bonds. The monoisotopic (exact) mass is 422 g/mol. The Bertz CT molecular complexity index is 303. The lowest BCUT2D eigenvalue weighted by atomic mass is 10.0. The summed E-state index contributed by atoms with van der Waals surface area (Å²) in [6, 6.07) is 0. The molecular formula is C6H4F9IO3. The fourth-order valence-electron chi connectivity index (χ4n) is 0.794. The molecule has 0 aromatic carbocycles. The van der Waals surface area contributed by atoms with E-state index in [9.17, 15) is 46.4 Å². The lowest BCUT2D eigenvalue weighted by molar-refractivity contribution is -1.63. The van der Waals surface area contributed by atoms with E-state index >= 15 is 0 Å². The van der Waals surface area contributed by atoms with Crippen molar-refractivity contribution in [3.8, 4) is 0 Å². The maximum atomic E-state index is 12.7. The summed E-state index contributed by atoms with van der Waals surface area (Å²) in [4.78, 5) is 0. The van der Waals surface area contributed by atoms with E-state index in [2.05, 4.69) is 3.07 Å². The van der Waals surface area contributed by atoms with Crippen LogP contribution >= 0.6 is 0 Å². The van der Waals surface area contributed by atoms with Gasteiger partial charge in [0, 0.05) is 6.42 Å². The average Bonchev–Trinajstić information content (AvgIpc) is 2.14. The third kappa shape index (κ3) is 3.98. The first-order chi connectivity index (χ1) is 8.17. The van der Waals surface area contributed by atoms with Gasteiger partial charge < -0.3 is 6.87 Å². The Hall–Kier alpha value is -0.0200. The summed E-state index contributed by atoms with van der Waals surface area (Å²) in [5.41, 5.74) is 0. The van der Waals surface area contributed by atoms with Gasteiger partial charge in [0.2, 0.25) is 0 Å². The zero-order valence-corrected chi connectivity index (χ0v) is 10.6. The van der Waals surface area contributed by atoms with Gasteiger partial charge in [0.1, 0.15) is 6.61 Å². The van der Waals surface area contributed by atoms with Crippen molar-refractivity contribution in [1.29, 1.82) is 0 Å². The van der Waals surface area contributed by atoms with Crippen molar-refractivity contribution < 1.29 is 70.5 Å². The first-order valence-corrected chi connectivity index (χ1v) is 6.70. The predicted molar refractivity (Wildman–Crippen MR) is 31.5 cm³/mol. The fourth-order valence-corrected chi connectivity index (χ4v) is 1.37. The van der Waals surface area contributed by atoms with Crippen molar-refractivity contribution in [2.75, 3.05) is 6.61 Å². The van der Waals surface area contributed by atoms with Crippen molar-refractivity contribution in [2.24, 2.45) is 0 Å². The molecule has 3 nitrogen and oxygen atoms in total. The number of hydrogen-bond donors (Lipinski definition) is 0. The molecule has 0 aliphatic rings. The van der Waals surface area contributed by atoms with Crippen LogP contribution in [-0.2, 0) is 3.07 Å². The highest BCUT2D eigenvalue weighted by atomic mass is 127. The molecule has 0 unspecified atom stereocenters. The van der Waals surface area contributed by atoms with E-state index in [1.165, 1.54) is 0 Å². The molecule has 0 radical (unpaired) electrons. The number of halogens is 10. The van der Waals surface area contributed by atoms with Gasteiger partial charge in [-0.15, -0.1) is 0 Å². The molecule has 0 aliphatic heterocycles. The second-order valence-electron chi connectivity index (χ2n) is 3.10. The Morgan fingerprint density at radius 3 is 1.53 bits per heavy atom. The lowest BCUT2D eigenvalue weighted by Gasteiger charge is -2.33. The zero-order valence-electron chi connectivity index (χ0n) is 8.42. The van der Waals surface area contributed by atoms with Gasteiger partial charge in [-0.3, -0.25) is 0 Å². The molecule has 19 heavy (non-hydrogen) atoms. The summed E-state index contributed by atoms with van der Waals surface area (Å²) < 4.78 is 133. The quantitative estimate of drug-likeness (QED) is 0.366. The molecule has 0 saturated carbocycles. The Morgan fingerprint density at radius 1 is 0.789 bits per heavy atom. The SMILES string of the molecule is [O-][I+2]([O-])OCCC(F)(F)C(F)(F)C(F)(F)C(F)(F)F. The largest absolute Gasteiger partial charge is 0.506 e. The highest BCUT2D eigenvalue weighted by Crippen LogP contribution is 2.53. The Labute approximate surface area is 108 Å². The second kappa shape index (κ2) is 5.77. The van der Waals surface area contributed by atoms with E-state index in [0.29, 0.717) is 0 Å². The maximum Gasteiger partial charge on any atom is 0.506 e. The van der Waals surface area contributed by atoms with Gasteiger partial charge in [-0.25, -0.2) is 0 Å². The molecule has 0 saturated heterocycles. The molecule has 0 atom stereocenters. The topological polar surface area (TPSA) is 55.3 Å². The molecule has 0 heterocycles. The van der Waals surface area contributed by atoms with Crippen LogP contribution in [0.15, 0.2) is 0 Å². The minimum Gasteiger partial charge on any atom is -0.396 e. The average molecular weight is 422 g/mol. The van der Waals surface area contributed by atoms with Crippen LogP contribution in [0.4, 0.5) is 39.5 Å². The summed E-state index contributed by atoms with van der Waals surface area (Å²) in [5, 5.41) is 0. The van der Waals surface area contributed by atoms with E-state index < -0.39 is 58.0 Å². The molecule has 0 fully saturated rings. The third-order valence-corrected chi connectivity index (χ3v) is 2.74. The molecule has 0 spiro atoms. The van der Waals surface area contributed by atoms with Crippen molar-refractivity contribution >= 4 is 0 Å². The molecule has 0 bridgehead atoms. The minimum atomic E-state index is -6.98. The molecule has 13 heteroatoms. The van der Waals surface area contributed by atoms with E-state index in [1.54, 1.807) is 0 Å². The Kier molecular flexibility index (Phi) is 5.76. The lowest BCUT2D eigenvalue weighted by Crippen LogP contribution is -3.99. The van der Waals surface area contributed by atoms with Gasteiger partial charge in [-0.2, -0.15) is 39.5 Å². The van der Waals surface area contributed by atoms with Gasteiger partial charge in [0.15, 0.2) is 0 Å². The molecule has 0 rings (SSSR count). The van der Waals surface area contributed by atoms with E-state index in [4.69, 9.17) is 0 Å². The summed E-state index contributed by atoms with van der Waals surface area (Å²) >= 11 is -4.53. The van der Waals surface area contributed by atoms with E-state index in [1.807, 2.05) is 0 Å². The summed E-state index contributed by atoms with van der Waals surface area (Å²) in [5.74, 6) is -19.5. The molecule has 116 valence electrons. The zero-order chi connectivity index (χ0) is 15.7. The number of rotatable bonds is 6. The van der Waals surface area contributed by atoms with Crippen LogP contribution in [0.2, 0.25) is 0 Å². The summed E-state index contributed by atoms with van der Waals surface area (Å²) in [7, 11) is 0. The maximum absolute atomic E-state index is 12.7. The van der Waals surface area contributed by atoms with Crippen molar-refractivity contribution in [1.82, 2.24) is 0 Å². The Balaban J connectivity index is 5.06. The second-order valence-corrected chi connectivity index (χ2v) is 4.80. The van der Waals surface area contributed by atoms with Crippen LogP contribution in [0.3, 0.4) is 0 Å². The van der Waals surface area contributed by atoms with Crippen LogP contribution in [0.1, 0.15) is 6.42 Å². The molecule has 0 aromatic rings. The predicted octanol–water partition coefficient (Wildman–Crippen LogP) is -2.05. The standard InChI is InChI=1S/C6H4F9IO3/c7-3(8,1-2-19-16(17)18)4(9,10)5(11,12)6(13,14)15/h1-2H2. The number of hydrogen-bond acceptors (Lipinski definition) is 3. The smallest absolute Gasteiger partial charge is 0.396 e. The van der Waals surface area contributed by atoms with Gasteiger partial charge in [0.05, 0.1) is 0 Å². The van der Waals surface area contributed by atoms with Crippen LogP contribution in [0.25, 0.3) is 0 Å². The third-order valence-electron chi connectivity index (χ3n) is 1.79. The summed E-state index contributed by atoms with van der Waals surface area (Å²) in [6.45, 7) is -1.63. The van der Waals surface area contributed by atoms with E-state index in [-0.39, 0.29) is 0 Å². The van der Waals surface area contributed by atoms with Crippen molar-refractivity contribution in [2.45, 2.75) is 30.4 Å². The Morgan fingerprint density at radius 2 is 1.21 bits per heavy atom. The minimum absolute atomic E-state index is 1.63. The molecule has 0 aromatic heterocycles.